The molecule has 0 bridgehead atoms. The Morgan fingerprint density at radius 2 is 1.92 bits per heavy atom. The van der Waals surface area contributed by atoms with Gasteiger partial charge in [-0.2, -0.15) is 5.10 Å². The van der Waals surface area contributed by atoms with Gasteiger partial charge in [-0.1, -0.05) is 37.6 Å². The number of nitrogens with zero attached hydrogens (tertiary/aromatic N) is 3. The number of halogens is 1. The topological polar surface area (TPSA) is 123 Å². The monoisotopic (exact) mass is 557 g/mol. The van der Waals surface area contributed by atoms with Crippen molar-refractivity contribution in [3.63, 3.8) is 0 Å². The normalized spacial score (nSPS) is 17.5. The highest BCUT2D eigenvalue weighted by atomic mass is 35.5. The van der Waals surface area contributed by atoms with Gasteiger partial charge in [-0.3, -0.25) is 9.48 Å². The Hall–Kier alpha value is -3.60. The molecular formula is C28H32ClN3O7. The number of para-hydroxylation sites is 1. The molecule has 2 aromatic carbocycles. The van der Waals surface area contributed by atoms with Gasteiger partial charge in [-0.25, -0.2) is 4.79 Å². The lowest BCUT2D eigenvalue weighted by atomic mass is 9.92. The van der Waals surface area contributed by atoms with Crippen molar-refractivity contribution >= 4 is 29.2 Å². The van der Waals surface area contributed by atoms with Crippen LogP contribution in [0.25, 0.3) is 0 Å². The molecule has 0 radical (unpaired) electrons. The molecule has 1 amide bonds. The molecule has 0 unspecified atom stereocenters. The number of carbonyl (C=O) groups excluding carboxylic acids is 1. The number of carboxylic acids is 1. The average Bonchev–Trinajstić information content (AvgIpc) is 3.37. The number of amides is 1. The Balaban J connectivity index is 1.83. The molecule has 39 heavy (non-hydrogen) atoms. The summed E-state index contributed by atoms with van der Waals surface area (Å²) >= 11 is 6.45. The van der Waals surface area contributed by atoms with E-state index in [1.807, 2.05) is 26.0 Å². The molecule has 11 heteroatoms. The maximum absolute atomic E-state index is 14.1. The third-order valence-corrected chi connectivity index (χ3v) is 6.85. The molecule has 10 nitrogen and oxygen atoms in total. The van der Waals surface area contributed by atoms with Crippen molar-refractivity contribution in [1.82, 2.24) is 9.78 Å². The van der Waals surface area contributed by atoms with E-state index in [9.17, 15) is 19.8 Å². The largest absolute Gasteiger partial charge is 0.493 e. The summed E-state index contributed by atoms with van der Waals surface area (Å²) in [5.41, 5.74) is 1.22. The number of aliphatic hydroxyl groups is 1. The van der Waals surface area contributed by atoms with Crippen molar-refractivity contribution in [2.75, 3.05) is 32.3 Å². The van der Waals surface area contributed by atoms with Crippen LogP contribution in [0.1, 0.15) is 48.0 Å². The second kappa shape index (κ2) is 11.6. The predicted molar refractivity (Wildman–Crippen MR) is 145 cm³/mol. The van der Waals surface area contributed by atoms with Gasteiger partial charge in [0, 0.05) is 59.6 Å². The first-order chi connectivity index (χ1) is 18.6. The van der Waals surface area contributed by atoms with Gasteiger partial charge in [0.25, 0.3) is 5.91 Å². The summed E-state index contributed by atoms with van der Waals surface area (Å²) < 4.78 is 19.3. The van der Waals surface area contributed by atoms with Crippen molar-refractivity contribution in [2.45, 2.75) is 39.0 Å². The van der Waals surface area contributed by atoms with Crippen LogP contribution in [-0.4, -0.2) is 65.3 Å². The lowest BCUT2D eigenvalue weighted by Gasteiger charge is -2.32. The lowest BCUT2D eigenvalue weighted by Crippen LogP contribution is -2.45. The maximum Gasteiger partial charge on any atom is 0.356 e. The number of aromatic nitrogens is 2. The van der Waals surface area contributed by atoms with Crippen LogP contribution in [0.4, 0.5) is 5.69 Å². The number of ether oxygens (including phenoxy) is 3. The van der Waals surface area contributed by atoms with E-state index in [1.165, 1.54) is 17.9 Å². The first kappa shape index (κ1) is 28.4. The molecule has 208 valence electrons. The molecule has 2 atom stereocenters. The molecule has 1 aromatic heterocycles. The molecule has 1 aliphatic heterocycles. The minimum atomic E-state index is -1.13. The quantitative estimate of drug-likeness (QED) is 0.380. The van der Waals surface area contributed by atoms with Crippen LogP contribution in [0.5, 0.6) is 11.5 Å². The highest BCUT2D eigenvalue weighted by Gasteiger charge is 2.39. The van der Waals surface area contributed by atoms with E-state index in [1.54, 1.807) is 42.5 Å². The Bertz CT molecular complexity index is 1360. The first-order valence-corrected chi connectivity index (χ1v) is 12.8. The van der Waals surface area contributed by atoms with E-state index in [0.717, 1.165) is 0 Å². The van der Waals surface area contributed by atoms with Crippen molar-refractivity contribution < 1.29 is 34.0 Å². The summed E-state index contributed by atoms with van der Waals surface area (Å²) in [6.45, 7) is 4.07. The van der Waals surface area contributed by atoms with Crippen molar-refractivity contribution in [3.8, 4) is 11.5 Å². The van der Waals surface area contributed by atoms with Gasteiger partial charge >= 0.3 is 5.97 Å². The number of carboxylic acid groups (broad SMARTS) is 1. The number of hydrogen-bond donors (Lipinski definition) is 2. The Kier molecular flexibility index (Phi) is 8.48. The van der Waals surface area contributed by atoms with Crippen molar-refractivity contribution in [3.05, 3.63) is 70.5 Å². The second-order valence-electron chi connectivity index (χ2n) is 10.1. The second-order valence-corrected chi connectivity index (χ2v) is 10.5. The average molecular weight is 558 g/mol. The Morgan fingerprint density at radius 1 is 1.15 bits per heavy atom. The highest BCUT2D eigenvalue weighted by Crippen LogP contribution is 2.45. The molecule has 4 rings (SSSR count). The van der Waals surface area contributed by atoms with Crippen molar-refractivity contribution in [2.24, 2.45) is 5.41 Å². The molecule has 2 heterocycles. The molecule has 1 aliphatic rings. The third-order valence-electron chi connectivity index (χ3n) is 6.61. The number of rotatable bonds is 10. The Labute approximate surface area is 231 Å². The van der Waals surface area contributed by atoms with Crippen LogP contribution >= 0.6 is 11.6 Å². The molecular weight excluding hydrogens is 526 g/mol. The molecule has 0 aliphatic carbocycles. The van der Waals surface area contributed by atoms with E-state index in [4.69, 9.17) is 25.8 Å². The fraction of sp³-hybridized carbons (Fsp3) is 0.393. The highest BCUT2D eigenvalue weighted by molar-refractivity contribution is 6.30. The summed E-state index contributed by atoms with van der Waals surface area (Å²) in [6.07, 6.45) is 0.0605. The lowest BCUT2D eigenvalue weighted by molar-refractivity contribution is -0.133. The van der Waals surface area contributed by atoms with Gasteiger partial charge in [-0.05, 0) is 30.3 Å². The van der Waals surface area contributed by atoms with Gasteiger partial charge in [0.2, 0.25) is 0 Å². The number of hydrogen-bond acceptors (Lipinski definition) is 7. The maximum atomic E-state index is 14.1. The zero-order valence-electron chi connectivity index (χ0n) is 22.3. The summed E-state index contributed by atoms with van der Waals surface area (Å²) in [4.78, 5) is 27.0. The summed E-state index contributed by atoms with van der Waals surface area (Å²) in [5.74, 6) is -0.463. The van der Waals surface area contributed by atoms with Gasteiger partial charge in [0.05, 0.1) is 14.2 Å². The summed E-state index contributed by atoms with van der Waals surface area (Å²) in [7, 11) is 3.08. The van der Waals surface area contributed by atoms with Crippen LogP contribution in [0.3, 0.4) is 0 Å². The molecule has 3 aromatic rings. The van der Waals surface area contributed by atoms with Crippen LogP contribution in [0, 0.1) is 5.41 Å². The van der Waals surface area contributed by atoms with Crippen LogP contribution < -0.4 is 14.4 Å². The number of fused-ring (bicyclic) bond motifs is 1. The summed E-state index contributed by atoms with van der Waals surface area (Å²) in [5, 5.41) is 23.8. The van der Waals surface area contributed by atoms with Crippen LogP contribution in [0.15, 0.2) is 48.7 Å². The van der Waals surface area contributed by atoms with Gasteiger partial charge in [-0.15, -0.1) is 0 Å². The number of benzene rings is 2. The fourth-order valence-corrected chi connectivity index (χ4v) is 4.79. The molecule has 0 fully saturated rings. The molecule has 0 spiro atoms. The smallest absolute Gasteiger partial charge is 0.356 e. The minimum absolute atomic E-state index is 0.0875. The predicted octanol–water partition coefficient (Wildman–Crippen LogP) is 4.18. The van der Waals surface area contributed by atoms with Gasteiger partial charge in [0.15, 0.2) is 17.2 Å². The number of aryl methyl sites for hydroxylation is 1. The Morgan fingerprint density at radius 3 is 2.56 bits per heavy atom. The van der Waals surface area contributed by atoms with E-state index >= 15 is 0 Å². The van der Waals surface area contributed by atoms with E-state index in [0.29, 0.717) is 33.3 Å². The van der Waals surface area contributed by atoms with Crippen molar-refractivity contribution in [1.29, 1.82) is 0 Å². The third kappa shape index (κ3) is 6.03. The zero-order chi connectivity index (χ0) is 28.3. The molecule has 2 N–H and O–H groups in total. The number of aromatic carboxylic acids is 1. The zero-order valence-corrected chi connectivity index (χ0v) is 23.0. The van der Waals surface area contributed by atoms with E-state index in [-0.39, 0.29) is 37.7 Å². The fourth-order valence-electron chi connectivity index (χ4n) is 4.61. The summed E-state index contributed by atoms with van der Waals surface area (Å²) in [6, 6.07) is 12.1. The van der Waals surface area contributed by atoms with E-state index < -0.39 is 23.6 Å². The number of carbonyl (C=O) groups is 2. The standard InChI is InChI=1S/C28H32ClN3O7/c1-28(2,16-33)15-32-21-9-8-17(29)14-19(21)24(18-6-5-7-22(37-3)25(18)38-4)39-23(26(32)34)11-13-31-12-10-20(30-31)27(35)36/h5-10,12,14,23-24,33H,11,13,15-16H2,1-4H3,(H,35,36)/t23-,24-/m1/s1. The van der Waals surface area contributed by atoms with Crippen LogP contribution in [0.2, 0.25) is 5.02 Å². The number of aliphatic hydroxyl groups excluding tert-OH is 1. The molecule has 0 saturated carbocycles. The van der Waals surface area contributed by atoms with Gasteiger partial charge in [0.1, 0.15) is 12.2 Å². The molecule has 0 saturated heterocycles. The number of methoxy groups -OCH3 is 2. The minimum Gasteiger partial charge on any atom is -0.493 e. The van der Waals surface area contributed by atoms with Crippen LogP contribution in [-0.2, 0) is 16.1 Å². The SMILES string of the molecule is COc1cccc([C@H]2O[C@H](CCn3ccc(C(=O)O)n3)C(=O)N(CC(C)(C)CO)c3ccc(Cl)cc32)c1OC. The first-order valence-electron chi connectivity index (χ1n) is 12.4. The van der Waals surface area contributed by atoms with E-state index in [2.05, 4.69) is 5.10 Å². The van der Waals surface area contributed by atoms with Gasteiger partial charge < -0.3 is 29.3 Å². The number of anilines is 1.